The first-order valence-electron chi connectivity index (χ1n) is 9.99. The third kappa shape index (κ3) is 4.18. The first kappa shape index (κ1) is 21.5. The lowest BCUT2D eigenvalue weighted by atomic mass is 10.1. The molecule has 0 unspecified atom stereocenters. The number of aryl methyl sites for hydroxylation is 1. The number of anilines is 1. The Labute approximate surface area is 194 Å². The number of methoxy groups -OCH3 is 1. The van der Waals surface area contributed by atoms with Gasteiger partial charge in [-0.15, -0.1) is 0 Å². The minimum atomic E-state index is -0.576. The average molecular weight is 490 g/mol. The molecular formula is C25H20BrN3O3. The number of halogens is 1. The molecule has 1 amide bonds. The van der Waals surface area contributed by atoms with Crippen molar-refractivity contribution in [3.8, 4) is 28.8 Å². The Morgan fingerprint density at radius 3 is 2.38 bits per heavy atom. The zero-order valence-corrected chi connectivity index (χ0v) is 19.1. The minimum Gasteiger partial charge on any atom is -0.497 e. The molecule has 3 aromatic carbocycles. The van der Waals surface area contributed by atoms with Crippen LogP contribution in [0.2, 0.25) is 0 Å². The Kier molecular flexibility index (Phi) is 6.15. The lowest BCUT2D eigenvalue weighted by Crippen LogP contribution is -2.16. The van der Waals surface area contributed by atoms with E-state index in [4.69, 9.17) is 9.47 Å². The Hall–Kier alpha value is -3.76. The van der Waals surface area contributed by atoms with E-state index in [9.17, 15) is 10.1 Å². The van der Waals surface area contributed by atoms with Crippen molar-refractivity contribution in [2.45, 2.75) is 13.5 Å². The first-order chi connectivity index (χ1) is 15.5. The zero-order valence-electron chi connectivity index (χ0n) is 17.6. The standard InChI is InChI=1S/C25H20BrN3O3/c1-3-29-23-14-20(31-2)12-13-21(23)22(15-27)24(29)16-4-8-18(9-5-16)28-25(30)32-19-10-6-17(26)7-11-19/h4-14H,3H2,1-2H3,(H,28,30). The molecule has 0 spiro atoms. The number of carbonyl (C=O) groups is 1. The summed E-state index contributed by atoms with van der Waals surface area (Å²) in [7, 11) is 1.62. The quantitative estimate of drug-likeness (QED) is 0.343. The van der Waals surface area contributed by atoms with E-state index in [2.05, 4.69) is 31.9 Å². The molecule has 0 fully saturated rings. The Bertz CT molecular complexity index is 1320. The van der Waals surface area contributed by atoms with Crippen molar-refractivity contribution in [3.05, 3.63) is 76.8 Å². The number of carbonyl (C=O) groups excluding carboxylic acids is 1. The van der Waals surface area contributed by atoms with Gasteiger partial charge in [-0.05, 0) is 61.0 Å². The van der Waals surface area contributed by atoms with Gasteiger partial charge in [0.1, 0.15) is 17.6 Å². The smallest absolute Gasteiger partial charge is 0.417 e. The molecular weight excluding hydrogens is 470 g/mol. The van der Waals surface area contributed by atoms with Crippen molar-refractivity contribution < 1.29 is 14.3 Å². The highest BCUT2D eigenvalue weighted by Crippen LogP contribution is 2.35. The van der Waals surface area contributed by atoms with Crippen LogP contribution in [0.3, 0.4) is 0 Å². The van der Waals surface area contributed by atoms with Crippen LogP contribution < -0.4 is 14.8 Å². The van der Waals surface area contributed by atoms with Crippen LogP contribution in [0, 0.1) is 11.3 Å². The van der Waals surface area contributed by atoms with Crippen LogP contribution in [-0.4, -0.2) is 17.8 Å². The number of hydrogen-bond donors (Lipinski definition) is 1. The van der Waals surface area contributed by atoms with Crippen molar-refractivity contribution in [3.63, 3.8) is 0 Å². The second-order valence-corrected chi connectivity index (χ2v) is 7.92. The van der Waals surface area contributed by atoms with Gasteiger partial charge in [0, 0.05) is 28.2 Å². The molecule has 1 N–H and O–H groups in total. The maximum Gasteiger partial charge on any atom is 0.417 e. The maximum absolute atomic E-state index is 12.2. The molecule has 1 aromatic heterocycles. The van der Waals surface area contributed by atoms with Gasteiger partial charge >= 0.3 is 6.09 Å². The van der Waals surface area contributed by atoms with Gasteiger partial charge in [0.15, 0.2) is 0 Å². The predicted octanol–water partition coefficient (Wildman–Crippen LogP) is 6.58. The minimum absolute atomic E-state index is 0.448. The summed E-state index contributed by atoms with van der Waals surface area (Å²) >= 11 is 3.35. The molecule has 4 aromatic rings. The predicted molar refractivity (Wildman–Crippen MR) is 128 cm³/mol. The fourth-order valence-corrected chi connectivity index (χ4v) is 3.93. The summed E-state index contributed by atoms with van der Waals surface area (Å²) in [5, 5.41) is 13.5. The molecule has 0 aliphatic carbocycles. The molecule has 0 radical (unpaired) electrons. The third-order valence-corrected chi connectivity index (χ3v) is 5.66. The molecule has 0 saturated carbocycles. The number of fused-ring (bicyclic) bond motifs is 1. The van der Waals surface area contributed by atoms with E-state index in [1.54, 1.807) is 43.5 Å². The molecule has 0 aliphatic rings. The molecule has 6 nitrogen and oxygen atoms in total. The highest BCUT2D eigenvalue weighted by atomic mass is 79.9. The Morgan fingerprint density at radius 2 is 1.75 bits per heavy atom. The monoisotopic (exact) mass is 489 g/mol. The van der Waals surface area contributed by atoms with E-state index < -0.39 is 6.09 Å². The lowest BCUT2D eigenvalue weighted by Gasteiger charge is -2.11. The van der Waals surface area contributed by atoms with Gasteiger partial charge in [0.25, 0.3) is 0 Å². The average Bonchev–Trinajstić information content (AvgIpc) is 3.13. The van der Waals surface area contributed by atoms with Gasteiger partial charge in [-0.25, -0.2) is 4.79 Å². The number of benzene rings is 3. The van der Waals surface area contributed by atoms with Gasteiger partial charge in [-0.2, -0.15) is 5.26 Å². The number of rotatable bonds is 5. The lowest BCUT2D eigenvalue weighted by molar-refractivity contribution is 0.215. The summed E-state index contributed by atoms with van der Waals surface area (Å²) in [6, 6.07) is 22.4. The van der Waals surface area contributed by atoms with Crippen molar-refractivity contribution in [2.24, 2.45) is 0 Å². The van der Waals surface area contributed by atoms with E-state index in [0.717, 1.165) is 32.4 Å². The second-order valence-electron chi connectivity index (χ2n) is 7.01. The number of aromatic nitrogens is 1. The molecule has 0 aliphatic heterocycles. The van der Waals surface area contributed by atoms with E-state index in [-0.39, 0.29) is 0 Å². The summed E-state index contributed by atoms with van der Waals surface area (Å²) in [4.78, 5) is 12.2. The van der Waals surface area contributed by atoms with Crippen LogP contribution in [0.1, 0.15) is 12.5 Å². The van der Waals surface area contributed by atoms with Gasteiger partial charge in [-0.3, -0.25) is 5.32 Å². The Morgan fingerprint density at radius 1 is 1.06 bits per heavy atom. The van der Waals surface area contributed by atoms with E-state index in [0.29, 0.717) is 23.5 Å². The molecule has 0 atom stereocenters. The Balaban J connectivity index is 1.62. The fourth-order valence-electron chi connectivity index (χ4n) is 3.66. The molecule has 7 heteroatoms. The SMILES string of the molecule is CCn1c(-c2ccc(NC(=O)Oc3ccc(Br)cc3)cc2)c(C#N)c2ccc(OC)cc21. The van der Waals surface area contributed by atoms with Crippen molar-refractivity contribution >= 4 is 38.6 Å². The van der Waals surface area contributed by atoms with E-state index in [1.807, 2.05) is 37.3 Å². The summed E-state index contributed by atoms with van der Waals surface area (Å²) in [6.45, 7) is 2.73. The number of nitrogens with zero attached hydrogens (tertiary/aromatic N) is 2. The number of nitrogens with one attached hydrogen (secondary N) is 1. The largest absolute Gasteiger partial charge is 0.497 e. The number of ether oxygens (including phenoxy) is 2. The highest BCUT2D eigenvalue weighted by molar-refractivity contribution is 9.10. The van der Waals surface area contributed by atoms with Crippen molar-refractivity contribution in [1.29, 1.82) is 5.26 Å². The molecule has 0 saturated heterocycles. The fraction of sp³-hybridized carbons (Fsp3) is 0.120. The van der Waals surface area contributed by atoms with E-state index >= 15 is 0 Å². The number of hydrogen-bond acceptors (Lipinski definition) is 4. The van der Waals surface area contributed by atoms with Gasteiger partial charge in [0.2, 0.25) is 0 Å². The molecule has 160 valence electrons. The van der Waals surface area contributed by atoms with Crippen molar-refractivity contribution in [2.75, 3.05) is 12.4 Å². The summed E-state index contributed by atoms with van der Waals surface area (Å²) in [5.74, 6) is 1.19. The first-order valence-corrected chi connectivity index (χ1v) is 10.8. The molecule has 1 heterocycles. The molecule has 32 heavy (non-hydrogen) atoms. The van der Waals surface area contributed by atoms with Gasteiger partial charge < -0.3 is 14.0 Å². The third-order valence-electron chi connectivity index (χ3n) is 5.13. The summed E-state index contributed by atoms with van der Waals surface area (Å²) in [6.07, 6.45) is -0.576. The number of amides is 1. The second kappa shape index (κ2) is 9.16. The summed E-state index contributed by atoms with van der Waals surface area (Å²) < 4.78 is 13.7. The topological polar surface area (TPSA) is 76.3 Å². The highest BCUT2D eigenvalue weighted by Gasteiger charge is 2.18. The maximum atomic E-state index is 12.2. The van der Waals surface area contributed by atoms with Crippen molar-refractivity contribution in [1.82, 2.24) is 4.57 Å². The van der Waals surface area contributed by atoms with Crippen LogP contribution in [0.4, 0.5) is 10.5 Å². The normalized spacial score (nSPS) is 10.6. The van der Waals surface area contributed by atoms with Gasteiger partial charge in [-0.1, -0.05) is 28.1 Å². The van der Waals surface area contributed by atoms with E-state index in [1.165, 1.54) is 0 Å². The van der Waals surface area contributed by atoms with Gasteiger partial charge in [0.05, 0.1) is 23.9 Å². The molecule has 0 bridgehead atoms. The summed E-state index contributed by atoms with van der Waals surface area (Å²) in [5.41, 5.74) is 3.86. The van der Waals surface area contributed by atoms with Crippen LogP contribution in [0.5, 0.6) is 11.5 Å². The van der Waals surface area contributed by atoms with Crippen LogP contribution >= 0.6 is 15.9 Å². The van der Waals surface area contributed by atoms with Crippen LogP contribution in [0.15, 0.2) is 71.2 Å². The number of nitriles is 1. The molecule has 4 rings (SSSR count). The van der Waals surface area contributed by atoms with Crippen LogP contribution in [0.25, 0.3) is 22.2 Å². The van der Waals surface area contributed by atoms with Crippen LogP contribution in [-0.2, 0) is 6.54 Å². The zero-order chi connectivity index (χ0) is 22.7.